The summed E-state index contributed by atoms with van der Waals surface area (Å²) in [6, 6.07) is 6.43. The summed E-state index contributed by atoms with van der Waals surface area (Å²) in [5.41, 5.74) is 2.32. The molecule has 3 rings (SSSR count). The molecule has 1 saturated carbocycles. The van der Waals surface area contributed by atoms with Crippen LogP contribution in [-0.2, 0) is 10.2 Å². The maximum absolute atomic E-state index is 11.0. The van der Waals surface area contributed by atoms with Gasteiger partial charge in [-0.25, -0.2) is 0 Å². The number of carbonyl (C=O) groups is 1. The van der Waals surface area contributed by atoms with Gasteiger partial charge in [-0.1, -0.05) is 6.07 Å². The van der Waals surface area contributed by atoms with Crippen LogP contribution in [0.4, 0.5) is 5.69 Å². The summed E-state index contributed by atoms with van der Waals surface area (Å²) in [5, 5.41) is 9.06. The SMILES string of the molecule is O=C(O)CC1(c2ccc(N3CCCCC3)c(Br)c2)CC1. The number of halogens is 1. The molecule has 0 atom stereocenters. The van der Waals surface area contributed by atoms with E-state index in [0.717, 1.165) is 30.4 Å². The van der Waals surface area contributed by atoms with Crippen molar-refractivity contribution < 1.29 is 9.90 Å². The van der Waals surface area contributed by atoms with Crippen molar-refractivity contribution >= 4 is 27.6 Å². The molecule has 2 fully saturated rings. The van der Waals surface area contributed by atoms with Crippen LogP contribution in [0, 0.1) is 0 Å². The average Bonchev–Trinajstić information content (AvgIpc) is 3.19. The third-order valence-corrected chi connectivity index (χ3v) is 5.24. The maximum Gasteiger partial charge on any atom is 0.304 e. The van der Waals surface area contributed by atoms with Crippen LogP contribution in [-0.4, -0.2) is 24.2 Å². The van der Waals surface area contributed by atoms with Crippen molar-refractivity contribution in [3.63, 3.8) is 0 Å². The number of rotatable bonds is 4. The zero-order valence-electron chi connectivity index (χ0n) is 11.6. The van der Waals surface area contributed by atoms with Crippen LogP contribution in [0.25, 0.3) is 0 Å². The van der Waals surface area contributed by atoms with Crippen molar-refractivity contribution in [1.82, 2.24) is 0 Å². The summed E-state index contributed by atoms with van der Waals surface area (Å²) in [4.78, 5) is 13.4. The Morgan fingerprint density at radius 2 is 1.95 bits per heavy atom. The Bertz CT molecular complexity index is 519. The van der Waals surface area contributed by atoms with E-state index in [0.29, 0.717) is 0 Å². The number of nitrogens with zero attached hydrogens (tertiary/aromatic N) is 1. The van der Waals surface area contributed by atoms with E-state index in [4.69, 9.17) is 5.11 Å². The normalized spacial score (nSPS) is 20.8. The first-order valence-corrected chi connectivity index (χ1v) is 8.17. The Labute approximate surface area is 128 Å². The summed E-state index contributed by atoms with van der Waals surface area (Å²) in [6.45, 7) is 2.25. The lowest BCUT2D eigenvalue weighted by Crippen LogP contribution is -2.29. The molecule has 0 aromatic heterocycles. The molecule has 3 nitrogen and oxygen atoms in total. The monoisotopic (exact) mass is 337 g/mol. The topological polar surface area (TPSA) is 40.5 Å². The molecule has 1 aliphatic heterocycles. The van der Waals surface area contributed by atoms with Crippen LogP contribution in [0.1, 0.15) is 44.1 Å². The minimum Gasteiger partial charge on any atom is -0.481 e. The van der Waals surface area contributed by atoms with Gasteiger partial charge in [0.1, 0.15) is 0 Å². The lowest BCUT2D eigenvalue weighted by atomic mass is 9.92. The highest BCUT2D eigenvalue weighted by molar-refractivity contribution is 9.10. The van der Waals surface area contributed by atoms with Gasteiger partial charge in [-0.05, 0) is 65.7 Å². The Balaban J connectivity index is 1.82. The lowest BCUT2D eigenvalue weighted by Gasteiger charge is -2.30. The van der Waals surface area contributed by atoms with Crippen molar-refractivity contribution in [3.8, 4) is 0 Å². The van der Waals surface area contributed by atoms with Gasteiger partial charge in [-0.2, -0.15) is 0 Å². The number of carboxylic acid groups (broad SMARTS) is 1. The molecule has 1 aromatic rings. The molecule has 4 heteroatoms. The van der Waals surface area contributed by atoms with Crippen molar-refractivity contribution in [1.29, 1.82) is 0 Å². The van der Waals surface area contributed by atoms with Gasteiger partial charge in [0.25, 0.3) is 0 Å². The second-order valence-electron chi connectivity index (χ2n) is 6.06. The Hall–Kier alpha value is -1.03. The summed E-state index contributed by atoms with van der Waals surface area (Å²) in [6.07, 6.45) is 6.09. The zero-order chi connectivity index (χ0) is 14.2. The number of benzene rings is 1. The van der Waals surface area contributed by atoms with Crippen LogP contribution >= 0.6 is 15.9 Å². The number of anilines is 1. The van der Waals surface area contributed by atoms with Gasteiger partial charge in [0.05, 0.1) is 12.1 Å². The second-order valence-corrected chi connectivity index (χ2v) is 6.92. The van der Waals surface area contributed by atoms with Crippen LogP contribution < -0.4 is 4.90 Å². The smallest absolute Gasteiger partial charge is 0.304 e. The summed E-state index contributed by atoms with van der Waals surface area (Å²) in [5.74, 6) is -0.696. The third-order valence-electron chi connectivity index (χ3n) is 4.60. The second kappa shape index (κ2) is 5.40. The van der Waals surface area contributed by atoms with E-state index in [-0.39, 0.29) is 11.8 Å². The van der Waals surface area contributed by atoms with E-state index >= 15 is 0 Å². The van der Waals surface area contributed by atoms with E-state index < -0.39 is 5.97 Å². The molecule has 1 N–H and O–H groups in total. The number of aliphatic carboxylic acids is 1. The molecular formula is C16H20BrNO2. The van der Waals surface area contributed by atoms with Crippen LogP contribution in [0.2, 0.25) is 0 Å². The number of carboxylic acids is 1. The van der Waals surface area contributed by atoms with Gasteiger partial charge < -0.3 is 10.0 Å². The summed E-state index contributed by atoms with van der Waals surface area (Å²) >= 11 is 3.68. The minimum absolute atomic E-state index is 0.102. The van der Waals surface area contributed by atoms with Crippen LogP contribution in [0.3, 0.4) is 0 Å². The van der Waals surface area contributed by atoms with Gasteiger partial charge in [0, 0.05) is 23.0 Å². The molecule has 20 heavy (non-hydrogen) atoms. The quantitative estimate of drug-likeness (QED) is 0.904. The fourth-order valence-corrected chi connectivity index (χ4v) is 3.87. The molecule has 0 amide bonds. The first-order valence-electron chi connectivity index (χ1n) is 7.38. The van der Waals surface area contributed by atoms with Gasteiger partial charge in [0.15, 0.2) is 0 Å². The largest absolute Gasteiger partial charge is 0.481 e. The first kappa shape index (κ1) is 13.9. The molecular weight excluding hydrogens is 318 g/mol. The zero-order valence-corrected chi connectivity index (χ0v) is 13.2. The predicted molar refractivity (Wildman–Crippen MR) is 83.4 cm³/mol. The minimum atomic E-state index is -0.696. The van der Waals surface area contributed by atoms with Crippen molar-refractivity contribution in [2.24, 2.45) is 0 Å². The number of piperidine rings is 1. The van der Waals surface area contributed by atoms with Crippen LogP contribution in [0.15, 0.2) is 22.7 Å². The van der Waals surface area contributed by atoms with Crippen LogP contribution in [0.5, 0.6) is 0 Å². The first-order chi connectivity index (χ1) is 9.61. The number of hydrogen-bond acceptors (Lipinski definition) is 2. The fraction of sp³-hybridized carbons (Fsp3) is 0.562. The van der Waals surface area contributed by atoms with E-state index in [9.17, 15) is 4.79 Å². The molecule has 108 valence electrons. The number of hydrogen-bond donors (Lipinski definition) is 1. The van der Waals surface area contributed by atoms with E-state index in [2.05, 4.69) is 39.0 Å². The standard InChI is InChI=1S/C16H20BrNO2/c17-13-10-12(16(6-7-16)11-15(19)20)4-5-14(13)18-8-2-1-3-9-18/h4-5,10H,1-3,6-9,11H2,(H,19,20). The summed E-state index contributed by atoms with van der Waals surface area (Å²) in [7, 11) is 0. The van der Waals surface area contributed by atoms with E-state index in [1.165, 1.54) is 30.5 Å². The Morgan fingerprint density at radius 3 is 2.50 bits per heavy atom. The Morgan fingerprint density at radius 1 is 1.25 bits per heavy atom. The van der Waals surface area contributed by atoms with Crippen molar-refractivity contribution in [2.75, 3.05) is 18.0 Å². The highest BCUT2D eigenvalue weighted by Gasteiger charge is 2.46. The van der Waals surface area contributed by atoms with E-state index in [1.807, 2.05) is 0 Å². The van der Waals surface area contributed by atoms with Gasteiger partial charge in [-0.3, -0.25) is 4.79 Å². The molecule has 0 radical (unpaired) electrons. The molecule has 2 aliphatic rings. The predicted octanol–water partition coefficient (Wildman–Crippen LogP) is 3.95. The summed E-state index contributed by atoms with van der Waals surface area (Å²) < 4.78 is 1.11. The Kier molecular flexibility index (Phi) is 3.76. The molecule has 1 heterocycles. The third kappa shape index (κ3) is 2.71. The van der Waals surface area contributed by atoms with Gasteiger partial charge in [-0.15, -0.1) is 0 Å². The molecule has 1 aliphatic carbocycles. The molecule has 0 spiro atoms. The highest BCUT2D eigenvalue weighted by Crippen LogP contribution is 2.52. The van der Waals surface area contributed by atoms with Gasteiger partial charge >= 0.3 is 5.97 Å². The maximum atomic E-state index is 11.0. The molecule has 1 aromatic carbocycles. The fourth-order valence-electron chi connectivity index (χ4n) is 3.24. The van der Waals surface area contributed by atoms with Gasteiger partial charge in [0.2, 0.25) is 0 Å². The van der Waals surface area contributed by atoms with Crippen molar-refractivity contribution in [2.45, 2.75) is 43.9 Å². The molecule has 0 bridgehead atoms. The van der Waals surface area contributed by atoms with Crippen molar-refractivity contribution in [3.05, 3.63) is 28.2 Å². The molecule has 0 unspecified atom stereocenters. The molecule has 1 saturated heterocycles. The highest BCUT2D eigenvalue weighted by atomic mass is 79.9. The van der Waals surface area contributed by atoms with E-state index in [1.54, 1.807) is 0 Å². The lowest BCUT2D eigenvalue weighted by molar-refractivity contribution is -0.137. The average molecular weight is 338 g/mol.